The number of nitrogens with one attached hydrogen (secondary N) is 1. The monoisotopic (exact) mass is 344 g/mol. The first kappa shape index (κ1) is 16.2. The first-order valence-corrected chi connectivity index (χ1v) is 7.96. The summed E-state index contributed by atoms with van der Waals surface area (Å²) in [6.45, 7) is 3.37. The molecule has 0 atom stereocenters. The average Bonchev–Trinajstić information content (AvgIpc) is 2.65. The summed E-state index contributed by atoms with van der Waals surface area (Å²) in [5, 5.41) is 14.8. The normalized spacial score (nSPS) is 11.5. The Morgan fingerprint density at radius 1 is 1.36 bits per heavy atom. The smallest absolute Gasteiger partial charge is 0.276 e. The molecular weight excluding hydrogens is 332 g/mol. The molecule has 0 radical (unpaired) electrons. The zero-order valence-corrected chi connectivity index (χ0v) is 13.6. The Labute approximate surface area is 131 Å². The van der Waals surface area contributed by atoms with E-state index >= 15 is 0 Å². The number of aryl methyl sites for hydroxylation is 2. The Morgan fingerprint density at radius 3 is 2.50 bits per heavy atom. The molecule has 2 rings (SSSR count). The molecule has 0 saturated heterocycles. The third-order valence-electron chi connectivity index (χ3n) is 3.17. The zero-order chi connectivity index (χ0) is 16.7. The van der Waals surface area contributed by atoms with Crippen LogP contribution in [0.4, 0.5) is 11.4 Å². The fraction of sp³-hybridized carbons (Fsp3) is 0.250. The van der Waals surface area contributed by atoms with E-state index < -0.39 is 20.6 Å². The van der Waals surface area contributed by atoms with Gasteiger partial charge in [-0.05, 0) is 26.0 Å². The second-order valence-electron chi connectivity index (χ2n) is 4.65. The molecule has 2 aromatic rings. The van der Waals surface area contributed by atoms with Crippen LogP contribution in [0.2, 0.25) is 5.02 Å². The van der Waals surface area contributed by atoms with E-state index in [1.54, 1.807) is 20.9 Å². The van der Waals surface area contributed by atoms with E-state index in [4.69, 9.17) is 11.6 Å². The molecule has 0 amide bonds. The number of nitro groups is 1. The lowest BCUT2D eigenvalue weighted by atomic mass is 10.3. The third kappa shape index (κ3) is 2.90. The maximum Gasteiger partial charge on any atom is 0.289 e. The van der Waals surface area contributed by atoms with Crippen molar-refractivity contribution in [2.45, 2.75) is 18.7 Å². The molecule has 0 aliphatic rings. The lowest BCUT2D eigenvalue weighted by Gasteiger charge is -2.08. The molecule has 1 aromatic heterocycles. The highest BCUT2D eigenvalue weighted by molar-refractivity contribution is 7.92. The predicted molar refractivity (Wildman–Crippen MR) is 81.6 cm³/mol. The highest BCUT2D eigenvalue weighted by Gasteiger charge is 2.23. The van der Waals surface area contributed by atoms with Crippen LogP contribution in [-0.2, 0) is 17.1 Å². The molecule has 8 nitrogen and oxygen atoms in total. The molecule has 0 spiro atoms. The van der Waals surface area contributed by atoms with Gasteiger partial charge in [0, 0.05) is 13.1 Å². The maximum atomic E-state index is 12.4. The highest BCUT2D eigenvalue weighted by Crippen LogP contribution is 2.29. The number of sulfonamides is 1. The van der Waals surface area contributed by atoms with Crippen LogP contribution < -0.4 is 4.72 Å². The van der Waals surface area contributed by atoms with E-state index in [2.05, 4.69) is 9.82 Å². The SMILES string of the molecule is Cc1nn(C)c(C)c1NS(=O)(=O)c1ccc(Cl)c([N+](=O)[O-])c1. The fourth-order valence-electron chi connectivity index (χ4n) is 1.91. The zero-order valence-electron chi connectivity index (χ0n) is 12.0. The molecule has 118 valence electrons. The van der Waals surface area contributed by atoms with Crippen LogP contribution in [0.25, 0.3) is 0 Å². The molecule has 1 heterocycles. The van der Waals surface area contributed by atoms with Gasteiger partial charge < -0.3 is 0 Å². The second kappa shape index (κ2) is 5.58. The van der Waals surface area contributed by atoms with E-state index in [1.807, 2.05) is 0 Å². The van der Waals surface area contributed by atoms with Gasteiger partial charge >= 0.3 is 0 Å². The summed E-state index contributed by atoms with van der Waals surface area (Å²) >= 11 is 5.69. The first-order chi connectivity index (χ1) is 10.1. The molecule has 0 fully saturated rings. The minimum atomic E-state index is -3.98. The molecule has 1 N–H and O–H groups in total. The van der Waals surface area contributed by atoms with Crippen LogP contribution in [0, 0.1) is 24.0 Å². The summed E-state index contributed by atoms with van der Waals surface area (Å²) < 4.78 is 28.7. The largest absolute Gasteiger partial charge is 0.289 e. The van der Waals surface area contributed by atoms with Crippen LogP contribution >= 0.6 is 11.6 Å². The Balaban J connectivity index is 2.47. The van der Waals surface area contributed by atoms with E-state index in [1.165, 1.54) is 16.8 Å². The van der Waals surface area contributed by atoms with Crippen molar-refractivity contribution in [3.8, 4) is 0 Å². The highest BCUT2D eigenvalue weighted by atomic mass is 35.5. The number of nitrogens with zero attached hydrogens (tertiary/aromatic N) is 3. The Bertz CT molecular complexity index is 860. The van der Waals surface area contributed by atoms with Gasteiger partial charge in [-0.25, -0.2) is 8.42 Å². The molecular formula is C12H13ClN4O4S. The number of nitro benzene ring substituents is 1. The lowest BCUT2D eigenvalue weighted by molar-refractivity contribution is -0.384. The van der Waals surface area contributed by atoms with Crippen molar-refractivity contribution >= 4 is 33.0 Å². The quantitative estimate of drug-likeness (QED) is 0.676. The summed E-state index contributed by atoms with van der Waals surface area (Å²) in [5.74, 6) is 0. The van der Waals surface area contributed by atoms with Gasteiger partial charge in [-0.3, -0.25) is 19.5 Å². The van der Waals surface area contributed by atoms with Gasteiger partial charge in [0.15, 0.2) is 0 Å². The number of anilines is 1. The molecule has 0 saturated carbocycles. The summed E-state index contributed by atoms with van der Waals surface area (Å²) in [4.78, 5) is 9.88. The average molecular weight is 345 g/mol. The summed E-state index contributed by atoms with van der Waals surface area (Å²) in [7, 11) is -2.30. The molecule has 10 heteroatoms. The van der Waals surface area contributed by atoms with Crippen molar-refractivity contribution < 1.29 is 13.3 Å². The maximum absolute atomic E-state index is 12.4. The minimum absolute atomic E-state index is 0.127. The molecule has 22 heavy (non-hydrogen) atoms. The Kier molecular flexibility index (Phi) is 4.12. The van der Waals surface area contributed by atoms with Crippen LogP contribution in [-0.4, -0.2) is 23.1 Å². The molecule has 0 aliphatic carbocycles. The van der Waals surface area contributed by atoms with E-state index in [-0.39, 0.29) is 9.92 Å². The van der Waals surface area contributed by atoms with Crippen molar-refractivity contribution in [3.05, 3.63) is 44.7 Å². The van der Waals surface area contributed by atoms with Gasteiger partial charge in [0.05, 0.1) is 26.9 Å². The lowest BCUT2D eigenvalue weighted by Crippen LogP contribution is -2.14. The third-order valence-corrected chi connectivity index (χ3v) is 4.84. The first-order valence-electron chi connectivity index (χ1n) is 6.10. The van der Waals surface area contributed by atoms with Crippen LogP contribution in [0.15, 0.2) is 23.1 Å². The minimum Gasteiger partial charge on any atom is -0.276 e. The number of aromatic nitrogens is 2. The Morgan fingerprint density at radius 2 is 2.00 bits per heavy atom. The van der Waals surface area contributed by atoms with E-state index in [0.29, 0.717) is 17.1 Å². The summed E-state index contributed by atoms with van der Waals surface area (Å²) in [5.41, 5.74) is 1.01. The number of benzene rings is 1. The summed E-state index contributed by atoms with van der Waals surface area (Å²) in [6.07, 6.45) is 0. The standard InChI is InChI=1S/C12H13ClN4O4S/c1-7-12(8(2)16(3)14-7)15-22(20,21)9-4-5-10(13)11(6-9)17(18)19/h4-6,15H,1-3H3. The number of rotatable bonds is 4. The number of halogens is 1. The topological polar surface area (TPSA) is 107 Å². The number of hydrogen-bond donors (Lipinski definition) is 1. The predicted octanol–water partition coefficient (Wildman–Crippen LogP) is 2.40. The van der Waals surface area contributed by atoms with E-state index in [0.717, 1.165) is 6.07 Å². The summed E-state index contributed by atoms with van der Waals surface area (Å²) in [6, 6.07) is 3.31. The molecule has 0 bridgehead atoms. The van der Waals surface area contributed by atoms with Crippen LogP contribution in [0.3, 0.4) is 0 Å². The molecule has 0 unspecified atom stereocenters. The van der Waals surface area contributed by atoms with Crippen molar-refractivity contribution in [1.29, 1.82) is 0 Å². The molecule has 1 aromatic carbocycles. The van der Waals surface area contributed by atoms with Crippen LogP contribution in [0.5, 0.6) is 0 Å². The second-order valence-corrected chi connectivity index (χ2v) is 6.73. The van der Waals surface area contributed by atoms with E-state index in [9.17, 15) is 18.5 Å². The van der Waals surface area contributed by atoms with Gasteiger partial charge in [0.2, 0.25) is 0 Å². The van der Waals surface area contributed by atoms with Gasteiger partial charge in [0.1, 0.15) is 5.02 Å². The fourth-order valence-corrected chi connectivity index (χ4v) is 3.30. The van der Waals surface area contributed by atoms with Crippen molar-refractivity contribution in [1.82, 2.24) is 9.78 Å². The van der Waals surface area contributed by atoms with Gasteiger partial charge in [-0.1, -0.05) is 11.6 Å². The van der Waals surface area contributed by atoms with Crippen molar-refractivity contribution in [2.24, 2.45) is 7.05 Å². The van der Waals surface area contributed by atoms with Gasteiger partial charge in [-0.2, -0.15) is 5.10 Å². The number of hydrogen-bond acceptors (Lipinski definition) is 5. The molecule has 0 aliphatic heterocycles. The van der Waals surface area contributed by atoms with Gasteiger partial charge in [-0.15, -0.1) is 0 Å². The van der Waals surface area contributed by atoms with Gasteiger partial charge in [0.25, 0.3) is 15.7 Å². The van der Waals surface area contributed by atoms with Crippen molar-refractivity contribution in [2.75, 3.05) is 4.72 Å². The Hall–Kier alpha value is -2.13. The van der Waals surface area contributed by atoms with Crippen LogP contribution in [0.1, 0.15) is 11.4 Å². The van der Waals surface area contributed by atoms with Crippen molar-refractivity contribution in [3.63, 3.8) is 0 Å².